The van der Waals surface area contributed by atoms with E-state index in [2.05, 4.69) is 40.5 Å². The number of piperazine rings is 1. The number of thiophene rings is 1. The molecule has 96 valence electrons. The summed E-state index contributed by atoms with van der Waals surface area (Å²) in [5.41, 5.74) is 1.42. The van der Waals surface area contributed by atoms with Gasteiger partial charge in [-0.25, -0.2) is 0 Å². The second kappa shape index (κ2) is 6.50. The Morgan fingerprint density at radius 1 is 1.29 bits per heavy atom. The van der Waals surface area contributed by atoms with Gasteiger partial charge in [-0.15, -0.1) is 11.3 Å². The highest BCUT2D eigenvalue weighted by molar-refractivity contribution is 7.10. The molecule has 0 unspecified atom stereocenters. The van der Waals surface area contributed by atoms with Crippen molar-refractivity contribution in [3.05, 3.63) is 21.9 Å². The van der Waals surface area contributed by atoms with Crippen LogP contribution in [0.25, 0.3) is 0 Å². The van der Waals surface area contributed by atoms with Gasteiger partial charge in [0.2, 0.25) is 0 Å². The molecule has 0 bridgehead atoms. The van der Waals surface area contributed by atoms with Gasteiger partial charge in [0, 0.05) is 50.7 Å². The highest BCUT2D eigenvalue weighted by Crippen LogP contribution is 2.14. The van der Waals surface area contributed by atoms with Gasteiger partial charge in [0.1, 0.15) is 0 Å². The van der Waals surface area contributed by atoms with E-state index >= 15 is 0 Å². The number of nitrogens with one attached hydrogen (secondary N) is 1. The minimum atomic E-state index is 1.03. The van der Waals surface area contributed by atoms with Crippen LogP contribution in [0.5, 0.6) is 0 Å². The Labute approximate surface area is 108 Å². The molecule has 1 saturated heterocycles. The second-order valence-electron chi connectivity index (χ2n) is 4.85. The van der Waals surface area contributed by atoms with Gasteiger partial charge in [-0.05, 0) is 31.0 Å². The van der Waals surface area contributed by atoms with Crippen LogP contribution in [0.3, 0.4) is 0 Å². The van der Waals surface area contributed by atoms with Crippen LogP contribution in [0, 0.1) is 6.92 Å². The third kappa shape index (κ3) is 4.07. The van der Waals surface area contributed by atoms with Crippen LogP contribution in [-0.4, -0.2) is 56.1 Å². The maximum absolute atomic E-state index is 3.54. The molecule has 17 heavy (non-hydrogen) atoms. The minimum Gasteiger partial charge on any atom is -0.311 e. The highest BCUT2D eigenvalue weighted by atomic mass is 32.1. The normalized spacial score (nSPS) is 18.7. The molecule has 1 aliphatic rings. The summed E-state index contributed by atoms with van der Waals surface area (Å²) in [5.74, 6) is 0. The maximum atomic E-state index is 3.54. The number of nitrogens with zero attached hydrogens (tertiary/aromatic N) is 2. The van der Waals surface area contributed by atoms with Crippen LogP contribution in [0.2, 0.25) is 0 Å². The Kier molecular flexibility index (Phi) is 4.98. The minimum absolute atomic E-state index is 1.03. The third-order valence-corrected chi connectivity index (χ3v) is 4.48. The number of hydrogen-bond donors (Lipinski definition) is 1. The van der Waals surface area contributed by atoms with Crippen molar-refractivity contribution in [2.24, 2.45) is 0 Å². The van der Waals surface area contributed by atoms with Gasteiger partial charge < -0.3 is 10.2 Å². The second-order valence-corrected chi connectivity index (χ2v) is 5.85. The zero-order valence-electron chi connectivity index (χ0n) is 10.9. The zero-order valence-corrected chi connectivity index (χ0v) is 11.7. The van der Waals surface area contributed by atoms with Crippen LogP contribution in [0.1, 0.15) is 10.4 Å². The predicted octanol–water partition coefficient (Wildman–Crippen LogP) is 1.39. The first-order valence-electron chi connectivity index (χ1n) is 6.40. The van der Waals surface area contributed by atoms with Crippen molar-refractivity contribution >= 4 is 11.3 Å². The van der Waals surface area contributed by atoms with E-state index < -0.39 is 0 Å². The molecule has 0 amide bonds. The van der Waals surface area contributed by atoms with Crippen molar-refractivity contribution in [3.8, 4) is 0 Å². The topological polar surface area (TPSA) is 18.5 Å². The lowest BCUT2D eigenvalue weighted by Crippen LogP contribution is -2.46. The van der Waals surface area contributed by atoms with Crippen LogP contribution in [-0.2, 0) is 6.54 Å². The van der Waals surface area contributed by atoms with E-state index in [1.54, 1.807) is 0 Å². The lowest BCUT2D eigenvalue weighted by Gasteiger charge is -2.32. The van der Waals surface area contributed by atoms with Crippen molar-refractivity contribution in [1.29, 1.82) is 0 Å². The largest absolute Gasteiger partial charge is 0.311 e. The van der Waals surface area contributed by atoms with E-state index in [4.69, 9.17) is 0 Å². The highest BCUT2D eigenvalue weighted by Gasteiger charge is 2.12. The standard InChI is InChI=1S/C13H23N3S/c1-12-3-10-17-13(12)11-14-4-5-16-8-6-15(2)7-9-16/h3,10,14H,4-9,11H2,1-2H3. The van der Waals surface area contributed by atoms with Gasteiger partial charge in [0.15, 0.2) is 0 Å². The van der Waals surface area contributed by atoms with Crippen molar-refractivity contribution in [2.75, 3.05) is 46.3 Å². The molecular weight excluding hydrogens is 230 g/mol. The molecule has 4 heteroatoms. The third-order valence-electron chi connectivity index (χ3n) is 3.45. The summed E-state index contributed by atoms with van der Waals surface area (Å²) < 4.78 is 0. The summed E-state index contributed by atoms with van der Waals surface area (Å²) in [6, 6.07) is 2.20. The summed E-state index contributed by atoms with van der Waals surface area (Å²) in [5, 5.41) is 5.72. The lowest BCUT2D eigenvalue weighted by atomic mass is 10.3. The number of likely N-dealkylation sites (N-methyl/N-ethyl adjacent to an activating group) is 1. The molecule has 2 heterocycles. The summed E-state index contributed by atoms with van der Waals surface area (Å²) in [6.45, 7) is 10.4. The van der Waals surface area contributed by atoms with Gasteiger partial charge in [0.25, 0.3) is 0 Å². The van der Waals surface area contributed by atoms with Crippen molar-refractivity contribution in [2.45, 2.75) is 13.5 Å². The molecule has 0 radical (unpaired) electrons. The average Bonchev–Trinajstić information content (AvgIpc) is 2.73. The van der Waals surface area contributed by atoms with Crippen molar-refractivity contribution < 1.29 is 0 Å². The molecular formula is C13H23N3S. The van der Waals surface area contributed by atoms with E-state index in [1.165, 1.54) is 43.2 Å². The number of aryl methyl sites for hydroxylation is 1. The van der Waals surface area contributed by atoms with Crippen LogP contribution in [0.4, 0.5) is 0 Å². The van der Waals surface area contributed by atoms with Crippen LogP contribution < -0.4 is 5.32 Å². The molecule has 1 aromatic heterocycles. The predicted molar refractivity (Wildman–Crippen MR) is 74.7 cm³/mol. The summed E-state index contributed by atoms with van der Waals surface area (Å²) in [4.78, 5) is 6.43. The zero-order chi connectivity index (χ0) is 12.1. The van der Waals surface area contributed by atoms with Gasteiger partial charge >= 0.3 is 0 Å². The van der Waals surface area contributed by atoms with Crippen LogP contribution >= 0.6 is 11.3 Å². The molecule has 0 aromatic carbocycles. The van der Waals surface area contributed by atoms with E-state index in [9.17, 15) is 0 Å². The SMILES string of the molecule is Cc1ccsc1CNCCN1CCN(C)CC1. The Morgan fingerprint density at radius 2 is 2.06 bits per heavy atom. The fourth-order valence-electron chi connectivity index (χ4n) is 2.10. The first-order chi connectivity index (χ1) is 8.25. The van der Waals surface area contributed by atoms with Gasteiger partial charge in [0.05, 0.1) is 0 Å². The molecule has 0 aliphatic carbocycles. The van der Waals surface area contributed by atoms with Gasteiger partial charge in [-0.1, -0.05) is 0 Å². The van der Waals surface area contributed by atoms with E-state index in [0.29, 0.717) is 0 Å². The smallest absolute Gasteiger partial charge is 0.0302 e. The van der Waals surface area contributed by atoms with Crippen molar-refractivity contribution in [1.82, 2.24) is 15.1 Å². The molecule has 1 N–H and O–H groups in total. The van der Waals surface area contributed by atoms with Crippen LogP contribution in [0.15, 0.2) is 11.4 Å². The quantitative estimate of drug-likeness (QED) is 0.800. The lowest BCUT2D eigenvalue weighted by molar-refractivity contribution is 0.154. The Bertz CT molecular complexity index is 329. The van der Waals surface area contributed by atoms with E-state index in [1.807, 2.05) is 11.3 Å². The average molecular weight is 253 g/mol. The molecule has 0 saturated carbocycles. The molecule has 1 aliphatic heterocycles. The maximum Gasteiger partial charge on any atom is 0.0302 e. The molecule has 1 aromatic rings. The number of rotatable bonds is 5. The molecule has 2 rings (SSSR count). The summed E-state index contributed by atoms with van der Waals surface area (Å²) >= 11 is 1.85. The summed E-state index contributed by atoms with van der Waals surface area (Å²) in [7, 11) is 2.20. The Hall–Kier alpha value is -0.420. The Morgan fingerprint density at radius 3 is 2.71 bits per heavy atom. The fourth-order valence-corrected chi connectivity index (χ4v) is 2.97. The molecule has 0 spiro atoms. The first-order valence-corrected chi connectivity index (χ1v) is 7.28. The molecule has 0 atom stereocenters. The summed E-state index contributed by atoms with van der Waals surface area (Å²) in [6.07, 6.45) is 0. The van der Waals surface area contributed by atoms with E-state index in [-0.39, 0.29) is 0 Å². The fraction of sp³-hybridized carbons (Fsp3) is 0.692. The number of hydrogen-bond acceptors (Lipinski definition) is 4. The first kappa shape index (κ1) is 13.0. The van der Waals surface area contributed by atoms with E-state index in [0.717, 1.165) is 13.1 Å². The monoisotopic (exact) mass is 253 g/mol. The van der Waals surface area contributed by atoms with Gasteiger partial charge in [-0.3, -0.25) is 4.90 Å². The molecule has 1 fully saturated rings. The molecule has 3 nitrogen and oxygen atoms in total. The Balaban J connectivity index is 1.59. The van der Waals surface area contributed by atoms with Crippen molar-refractivity contribution in [3.63, 3.8) is 0 Å². The van der Waals surface area contributed by atoms with Gasteiger partial charge in [-0.2, -0.15) is 0 Å².